The van der Waals surface area contributed by atoms with Crippen molar-refractivity contribution in [1.29, 1.82) is 0 Å². The molecule has 4 radical (unpaired) electrons. The highest BCUT2D eigenvalue weighted by Crippen LogP contribution is 2.07. The Morgan fingerprint density at radius 3 is 1.29 bits per heavy atom. The molecule has 0 saturated heterocycles. The Labute approximate surface area is 87.1 Å². The summed E-state index contributed by atoms with van der Waals surface area (Å²) in [6.07, 6.45) is -4.41. The van der Waals surface area contributed by atoms with Crippen LogP contribution in [0.3, 0.4) is 0 Å². The summed E-state index contributed by atoms with van der Waals surface area (Å²) in [6.45, 7) is 0. The highest BCUT2D eigenvalue weighted by Gasteiger charge is 2.03. The maximum absolute atomic E-state index is 11.7. The molecule has 82 valence electrons. The number of halogens is 4. The van der Waals surface area contributed by atoms with Gasteiger partial charge in [-0.25, -0.2) is 17.6 Å². The van der Waals surface area contributed by atoms with E-state index in [1.165, 1.54) is 0 Å². The summed E-state index contributed by atoms with van der Waals surface area (Å²) in [5.74, 6) is 0. The first-order valence-corrected chi connectivity index (χ1v) is 7.43. The van der Waals surface area contributed by atoms with E-state index in [1.54, 1.807) is 0 Å². The molecule has 0 aromatic carbocycles. The molecule has 0 saturated carbocycles. The van der Waals surface area contributed by atoms with Gasteiger partial charge in [-0.15, -0.1) is 0 Å². The fourth-order valence-electron chi connectivity index (χ4n) is 0.849. The third-order valence-electron chi connectivity index (χ3n) is 1.56. The minimum atomic E-state index is -2.19. The van der Waals surface area contributed by atoms with E-state index in [0.29, 0.717) is 31.1 Å². The lowest BCUT2D eigenvalue weighted by molar-refractivity contribution is 0.143. The number of rotatable bonds is 9. The van der Waals surface area contributed by atoms with Gasteiger partial charge >= 0.3 is 0 Å². The third-order valence-corrected chi connectivity index (χ3v) is 4.55. The molecule has 0 fully saturated rings. The zero-order chi connectivity index (χ0) is 10.8. The van der Waals surface area contributed by atoms with Crippen LogP contribution in [0.2, 0.25) is 24.2 Å². The molecule has 0 bridgehead atoms. The van der Waals surface area contributed by atoms with E-state index in [1.807, 2.05) is 0 Å². The van der Waals surface area contributed by atoms with Gasteiger partial charge in [0.15, 0.2) is 0 Å². The molecule has 0 atom stereocenters. The van der Waals surface area contributed by atoms with Crippen LogP contribution in [0.5, 0.6) is 0 Å². The van der Waals surface area contributed by atoms with E-state index in [0.717, 1.165) is 12.1 Å². The molecular weight excluding hydrogens is 228 g/mol. The summed E-state index contributed by atoms with van der Waals surface area (Å²) < 4.78 is 46.7. The molecule has 0 nitrogen and oxygen atoms in total. The van der Waals surface area contributed by atoms with E-state index < -0.39 is 12.9 Å². The molecule has 0 N–H and O–H groups in total. The van der Waals surface area contributed by atoms with Crippen LogP contribution in [-0.2, 0) is 0 Å². The lowest BCUT2D eigenvalue weighted by atomic mass is 10.5. The SMILES string of the molecule is FC(F)CC[Si]CC[Si]CCC(F)F. The highest BCUT2D eigenvalue weighted by atomic mass is 28.2. The molecule has 0 heterocycles. The van der Waals surface area contributed by atoms with E-state index in [2.05, 4.69) is 0 Å². The van der Waals surface area contributed by atoms with Gasteiger partial charge in [-0.2, -0.15) is 0 Å². The van der Waals surface area contributed by atoms with Gasteiger partial charge in [-0.3, -0.25) is 0 Å². The number of hydrogen-bond donors (Lipinski definition) is 0. The zero-order valence-electron chi connectivity index (χ0n) is 7.91. The predicted octanol–water partition coefficient (Wildman–Crippen LogP) is 3.38. The minimum Gasteiger partial charge on any atom is -0.211 e. The van der Waals surface area contributed by atoms with Crippen LogP contribution in [0.25, 0.3) is 0 Å². The number of hydrogen-bond acceptors (Lipinski definition) is 0. The molecule has 0 unspecified atom stereocenters. The van der Waals surface area contributed by atoms with Crippen LogP contribution in [0.15, 0.2) is 0 Å². The lowest BCUT2D eigenvalue weighted by Crippen LogP contribution is -1.99. The first-order chi connectivity index (χ1) is 6.63. The summed E-state index contributed by atoms with van der Waals surface area (Å²) in [7, 11) is 1.14. The van der Waals surface area contributed by atoms with Crippen molar-refractivity contribution in [2.24, 2.45) is 0 Å². The molecule has 0 amide bonds. The van der Waals surface area contributed by atoms with Crippen LogP contribution >= 0.6 is 0 Å². The van der Waals surface area contributed by atoms with Crippen molar-refractivity contribution in [2.75, 3.05) is 0 Å². The Kier molecular flexibility index (Phi) is 9.81. The molecule has 0 aromatic rings. The summed E-state index contributed by atoms with van der Waals surface area (Å²) in [4.78, 5) is 0. The fourth-order valence-corrected chi connectivity index (χ4v) is 3.61. The van der Waals surface area contributed by atoms with Crippen molar-refractivity contribution in [1.82, 2.24) is 0 Å². The standard InChI is InChI=1S/C8H14F4Si2/c9-7(10)1-3-13-5-6-14-4-2-8(11)12/h7-8H,1-6H2. The minimum absolute atomic E-state index is 0.0153. The van der Waals surface area contributed by atoms with Crippen molar-refractivity contribution in [3.63, 3.8) is 0 Å². The fraction of sp³-hybridized carbons (Fsp3) is 1.00. The van der Waals surface area contributed by atoms with E-state index in [4.69, 9.17) is 0 Å². The largest absolute Gasteiger partial charge is 0.238 e. The molecular formula is C8H14F4Si2. The van der Waals surface area contributed by atoms with Crippen LogP contribution in [0.4, 0.5) is 17.6 Å². The molecule has 0 aliphatic heterocycles. The van der Waals surface area contributed by atoms with E-state index in [-0.39, 0.29) is 12.8 Å². The Bertz CT molecular complexity index is 108. The predicted molar refractivity (Wildman–Crippen MR) is 52.0 cm³/mol. The van der Waals surface area contributed by atoms with Gasteiger partial charge in [0.2, 0.25) is 12.9 Å². The number of alkyl halides is 4. The van der Waals surface area contributed by atoms with Crippen LogP contribution in [0, 0.1) is 0 Å². The first kappa shape index (κ1) is 14.2. The van der Waals surface area contributed by atoms with Gasteiger partial charge in [0.1, 0.15) is 0 Å². The molecule has 14 heavy (non-hydrogen) atoms. The average Bonchev–Trinajstić information content (AvgIpc) is 2.08. The summed E-state index contributed by atoms with van der Waals surface area (Å²) in [5.41, 5.74) is 0. The maximum atomic E-state index is 11.7. The van der Waals surface area contributed by atoms with Gasteiger partial charge in [0.05, 0.1) is 0 Å². The second-order valence-electron chi connectivity index (χ2n) is 2.86. The Hall–Kier alpha value is 0.154. The lowest BCUT2D eigenvalue weighted by Gasteiger charge is -2.00. The average molecular weight is 242 g/mol. The Morgan fingerprint density at radius 1 is 0.643 bits per heavy atom. The normalized spacial score (nSPS) is 11.6. The summed E-state index contributed by atoms with van der Waals surface area (Å²) in [6, 6.07) is 3.01. The molecule has 0 aromatic heterocycles. The molecule has 0 rings (SSSR count). The highest BCUT2D eigenvalue weighted by molar-refractivity contribution is 6.42. The monoisotopic (exact) mass is 242 g/mol. The van der Waals surface area contributed by atoms with Crippen LogP contribution in [0.1, 0.15) is 12.8 Å². The van der Waals surface area contributed by atoms with E-state index in [9.17, 15) is 17.6 Å². The smallest absolute Gasteiger partial charge is 0.211 e. The Balaban J connectivity index is 2.92. The van der Waals surface area contributed by atoms with Gasteiger partial charge in [-0.05, 0) is 0 Å². The quantitative estimate of drug-likeness (QED) is 0.330. The summed E-state index contributed by atoms with van der Waals surface area (Å²) in [5, 5.41) is 0. The topological polar surface area (TPSA) is 0 Å². The van der Waals surface area contributed by atoms with Gasteiger partial charge in [-0.1, -0.05) is 24.2 Å². The Morgan fingerprint density at radius 2 is 1.00 bits per heavy atom. The van der Waals surface area contributed by atoms with E-state index >= 15 is 0 Å². The second kappa shape index (κ2) is 9.70. The van der Waals surface area contributed by atoms with Gasteiger partial charge < -0.3 is 0 Å². The van der Waals surface area contributed by atoms with Gasteiger partial charge in [0.25, 0.3) is 0 Å². The summed E-state index contributed by atoms with van der Waals surface area (Å²) >= 11 is 0. The van der Waals surface area contributed by atoms with Crippen LogP contribution < -0.4 is 0 Å². The van der Waals surface area contributed by atoms with Crippen molar-refractivity contribution < 1.29 is 17.6 Å². The first-order valence-electron chi connectivity index (χ1n) is 4.60. The van der Waals surface area contributed by atoms with Crippen LogP contribution in [-0.4, -0.2) is 31.9 Å². The van der Waals surface area contributed by atoms with Crippen molar-refractivity contribution in [3.05, 3.63) is 0 Å². The zero-order valence-corrected chi connectivity index (χ0v) is 9.91. The molecule has 6 heteroatoms. The van der Waals surface area contributed by atoms with Crippen molar-refractivity contribution >= 4 is 19.0 Å². The molecule has 0 aliphatic rings. The second-order valence-corrected chi connectivity index (χ2v) is 5.86. The molecule has 0 aliphatic carbocycles. The maximum Gasteiger partial charge on any atom is 0.238 e. The van der Waals surface area contributed by atoms with Crippen molar-refractivity contribution in [3.8, 4) is 0 Å². The molecule has 0 spiro atoms. The van der Waals surface area contributed by atoms with Crippen molar-refractivity contribution in [2.45, 2.75) is 49.9 Å². The van der Waals surface area contributed by atoms with Gasteiger partial charge in [0, 0.05) is 31.9 Å². The third kappa shape index (κ3) is 12.2.